The summed E-state index contributed by atoms with van der Waals surface area (Å²) >= 11 is 0. The van der Waals surface area contributed by atoms with Crippen LogP contribution in [0.1, 0.15) is 25.8 Å². The first-order valence-electron chi connectivity index (χ1n) is 11.2. The molecule has 0 aliphatic carbocycles. The molecule has 3 rings (SSSR count). The molecule has 9 nitrogen and oxygen atoms in total. The van der Waals surface area contributed by atoms with Crippen LogP contribution in [0.25, 0.3) is 0 Å². The largest absolute Gasteiger partial charge is 0.493 e. The molecule has 1 aromatic heterocycles. The fourth-order valence-electron chi connectivity index (χ4n) is 3.71. The Morgan fingerprint density at radius 2 is 2.09 bits per heavy atom. The van der Waals surface area contributed by atoms with E-state index >= 15 is 0 Å². The molecule has 174 valence electrons. The Kier molecular flexibility index (Phi) is 8.35. The van der Waals surface area contributed by atoms with E-state index in [1.807, 2.05) is 44.1 Å². The Hall–Kier alpha value is -3.23. The quantitative estimate of drug-likeness (QED) is 0.364. The highest BCUT2D eigenvalue weighted by molar-refractivity contribution is 5.98. The van der Waals surface area contributed by atoms with E-state index in [1.54, 1.807) is 22.9 Å². The lowest BCUT2D eigenvalue weighted by Gasteiger charge is -2.35. The Bertz CT molecular complexity index is 926. The summed E-state index contributed by atoms with van der Waals surface area (Å²) in [6, 6.07) is 6.04. The third-order valence-corrected chi connectivity index (χ3v) is 5.27. The minimum Gasteiger partial charge on any atom is -0.493 e. The number of guanidine groups is 1. The molecule has 1 saturated heterocycles. The molecule has 0 atom stereocenters. The Balaban J connectivity index is 1.56. The molecule has 0 unspecified atom stereocenters. The van der Waals surface area contributed by atoms with Crippen molar-refractivity contribution in [2.45, 2.75) is 26.7 Å². The Morgan fingerprint density at radius 1 is 1.25 bits per heavy atom. The number of nitrogens with zero attached hydrogens (tertiary/aromatic N) is 5. The fraction of sp³-hybridized carbons (Fsp3) is 0.522. The number of nitrogens with one attached hydrogen (secondary N) is 1. The topological polar surface area (TPSA) is 84.2 Å². The molecule has 0 bridgehead atoms. The number of hydrogen-bond acceptors (Lipinski definition) is 5. The summed E-state index contributed by atoms with van der Waals surface area (Å²) < 4.78 is 12.7. The van der Waals surface area contributed by atoms with Crippen LogP contribution < -0.4 is 19.7 Å². The molecule has 1 N–H and O–H groups in total. The van der Waals surface area contributed by atoms with E-state index in [0.717, 1.165) is 49.1 Å². The second-order valence-corrected chi connectivity index (χ2v) is 7.60. The SMILES string of the molecule is CCNC(=NCCCc1ccc(OC)c(OCC)c1)N1CCN(c2cnn(C)c2)C(=O)C1. The third-order valence-electron chi connectivity index (χ3n) is 5.27. The minimum atomic E-state index is 0.0524. The first-order chi connectivity index (χ1) is 15.5. The van der Waals surface area contributed by atoms with Crippen LogP contribution in [0.5, 0.6) is 11.5 Å². The molecule has 32 heavy (non-hydrogen) atoms. The van der Waals surface area contributed by atoms with Gasteiger partial charge in [0.15, 0.2) is 17.5 Å². The predicted molar refractivity (Wildman–Crippen MR) is 126 cm³/mol. The van der Waals surface area contributed by atoms with Gasteiger partial charge in [-0.25, -0.2) is 0 Å². The lowest BCUT2D eigenvalue weighted by Crippen LogP contribution is -2.55. The lowest BCUT2D eigenvalue weighted by atomic mass is 10.1. The predicted octanol–water partition coefficient (Wildman–Crippen LogP) is 2.07. The molecule has 0 saturated carbocycles. The maximum absolute atomic E-state index is 12.7. The van der Waals surface area contributed by atoms with Crippen molar-refractivity contribution in [2.75, 3.05) is 51.3 Å². The van der Waals surface area contributed by atoms with Crippen molar-refractivity contribution in [3.63, 3.8) is 0 Å². The summed E-state index contributed by atoms with van der Waals surface area (Å²) in [6.45, 7) is 7.67. The summed E-state index contributed by atoms with van der Waals surface area (Å²) in [4.78, 5) is 21.3. The summed E-state index contributed by atoms with van der Waals surface area (Å²) in [5.74, 6) is 2.36. The van der Waals surface area contributed by atoms with Crippen LogP contribution in [0.4, 0.5) is 5.69 Å². The van der Waals surface area contributed by atoms with Gasteiger partial charge in [-0.3, -0.25) is 14.5 Å². The van der Waals surface area contributed by atoms with Crippen LogP contribution in [0.3, 0.4) is 0 Å². The van der Waals surface area contributed by atoms with E-state index in [2.05, 4.69) is 16.5 Å². The van der Waals surface area contributed by atoms with E-state index in [1.165, 1.54) is 5.56 Å². The Morgan fingerprint density at radius 3 is 2.75 bits per heavy atom. The highest BCUT2D eigenvalue weighted by Crippen LogP contribution is 2.28. The molecule has 2 aromatic rings. The van der Waals surface area contributed by atoms with Crippen LogP contribution >= 0.6 is 0 Å². The van der Waals surface area contributed by atoms with Gasteiger partial charge in [-0.2, -0.15) is 5.10 Å². The summed E-state index contributed by atoms with van der Waals surface area (Å²) in [5.41, 5.74) is 2.03. The number of ether oxygens (including phenoxy) is 2. The van der Waals surface area contributed by atoms with Gasteiger partial charge in [-0.05, 0) is 44.4 Å². The number of aliphatic imine (C=N–C) groups is 1. The summed E-state index contributed by atoms with van der Waals surface area (Å²) in [7, 11) is 3.50. The van der Waals surface area contributed by atoms with Gasteiger partial charge in [0.2, 0.25) is 5.91 Å². The number of piperazine rings is 1. The third kappa shape index (κ3) is 5.93. The molecule has 1 aliphatic rings. The van der Waals surface area contributed by atoms with Gasteiger partial charge in [0.05, 0.1) is 25.6 Å². The van der Waals surface area contributed by atoms with E-state index in [9.17, 15) is 4.79 Å². The zero-order valence-electron chi connectivity index (χ0n) is 19.5. The minimum absolute atomic E-state index is 0.0524. The average molecular weight is 443 g/mol. The van der Waals surface area contributed by atoms with Crippen molar-refractivity contribution in [3.8, 4) is 11.5 Å². The van der Waals surface area contributed by atoms with Gasteiger partial charge in [0.25, 0.3) is 0 Å². The number of benzene rings is 1. The molecule has 1 aliphatic heterocycles. The number of methoxy groups -OCH3 is 1. The van der Waals surface area contributed by atoms with Crippen LogP contribution in [-0.2, 0) is 18.3 Å². The van der Waals surface area contributed by atoms with Gasteiger partial charge in [0, 0.05) is 39.4 Å². The van der Waals surface area contributed by atoms with Gasteiger partial charge in [-0.15, -0.1) is 0 Å². The van der Waals surface area contributed by atoms with Gasteiger partial charge in [-0.1, -0.05) is 6.07 Å². The number of amides is 1. The molecule has 0 spiro atoms. The van der Waals surface area contributed by atoms with Crippen molar-refractivity contribution in [1.82, 2.24) is 20.0 Å². The van der Waals surface area contributed by atoms with Crippen LogP contribution in [0.15, 0.2) is 35.6 Å². The molecular weight excluding hydrogens is 408 g/mol. The van der Waals surface area contributed by atoms with Crippen molar-refractivity contribution in [3.05, 3.63) is 36.2 Å². The van der Waals surface area contributed by atoms with Gasteiger partial charge in [0.1, 0.15) is 6.54 Å². The molecular formula is C23H34N6O3. The first kappa shape index (κ1) is 23.4. The second-order valence-electron chi connectivity index (χ2n) is 7.60. The van der Waals surface area contributed by atoms with Gasteiger partial charge < -0.3 is 24.6 Å². The molecule has 9 heteroatoms. The number of carbonyl (C=O) groups is 1. The molecule has 1 aromatic carbocycles. The number of aromatic nitrogens is 2. The zero-order chi connectivity index (χ0) is 22.9. The van der Waals surface area contributed by atoms with E-state index in [4.69, 9.17) is 14.5 Å². The van der Waals surface area contributed by atoms with Crippen LogP contribution in [0, 0.1) is 0 Å². The number of aryl methyl sites for hydroxylation is 2. The standard InChI is InChI=1S/C23H34N6O3/c1-5-24-23(28-12-13-29(22(30)17-28)19-15-26-27(3)16-19)25-11-7-8-18-9-10-20(31-4)21(14-18)32-6-2/h9-10,14-16H,5-8,11-13,17H2,1-4H3,(H,24,25). The normalized spacial score (nSPS) is 14.6. The second kappa shape index (κ2) is 11.4. The number of hydrogen-bond donors (Lipinski definition) is 1. The van der Waals surface area contributed by atoms with Crippen molar-refractivity contribution < 1.29 is 14.3 Å². The average Bonchev–Trinajstić information content (AvgIpc) is 3.22. The molecule has 1 fully saturated rings. The monoisotopic (exact) mass is 442 g/mol. The maximum atomic E-state index is 12.7. The van der Waals surface area contributed by atoms with Crippen molar-refractivity contribution in [1.29, 1.82) is 0 Å². The molecule has 1 amide bonds. The number of rotatable bonds is 9. The van der Waals surface area contributed by atoms with Crippen molar-refractivity contribution in [2.24, 2.45) is 12.0 Å². The van der Waals surface area contributed by atoms with E-state index in [-0.39, 0.29) is 5.91 Å². The summed E-state index contributed by atoms with van der Waals surface area (Å²) in [6.07, 6.45) is 5.38. The van der Waals surface area contributed by atoms with Crippen molar-refractivity contribution >= 4 is 17.6 Å². The first-order valence-corrected chi connectivity index (χ1v) is 11.2. The maximum Gasteiger partial charge on any atom is 0.246 e. The van der Waals surface area contributed by atoms with E-state index in [0.29, 0.717) is 26.2 Å². The smallest absolute Gasteiger partial charge is 0.246 e. The zero-order valence-corrected chi connectivity index (χ0v) is 19.5. The Labute approximate surface area is 190 Å². The molecule has 0 radical (unpaired) electrons. The summed E-state index contributed by atoms with van der Waals surface area (Å²) in [5, 5.41) is 7.49. The van der Waals surface area contributed by atoms with Gasteiger partial charge >= 0.3 is 0 Å². The lowest BCUT2D eigenvalue weighted by molar-refractivity contribution is -0.120. The highest BCUT2D eigenvalue weighted by atomic mass is 16.5. The molecule has 2 heterocycles. The number of anilines is 1. The number of carbonyl (C=O) groups excluding carboxylic acids is 1. The highest BCUT2D eigenvalue weighted by Gasteiger charge is 2.27. The van der Waals surface area contributed by atoms with Crippen LogP contribution in [-0.4, -0.2) is 73.0 Å². The van der Waals surface area contributed by atoms with Crippen LogP contribution in [0.2, 0.25) is 0 Å². The fourth-order valence-corrected chi connectivity index (χ4v) is 3.71. The van der Waals surface area contributed by atoms with E-state index < -0.39 is 0 Å².